The monoisotopic (exact) mass is 266 g/mol. The maximum atomic E-state index is 11.8. The Morgan fingerprint density at radius 2 is 2.53 bits per heavy atom. The SMILES string of the molecule is Nc1n[nH]c(C(=O)NCC2CN3CCCC3CO2)n1. The molecule has 0 spiro atoms. The van der Waals surface area contributed by atoms with Crippen LogP contribution in [0.25, 0.3) is 0 Å². The number of hydrogen-bond donors (Lipinski definition) is 3. The minimum Gasteiger partial charge on any atom is -0.373 e. The molecule has 1 amide bonds. The van der Waals surface area contributed by atoms with Crippen LogP contribution >= 0.6 is 0 Å². The van der Waals surface area contributed by atoms with Gasteiger partial charge in [0.1, 0.15) is 0 Å². The van der Waals surface area contributed by atoms with Crippen molar-refractivity contribution in [1.82, 2.24) is 25.4 Å². The maximum absolute atomic E-state index is 11.8. The first kappa shape index (κ1) is 12.4. The molecule has 0 radical (unpaired) electrons. The van der Waals surface area contributed by atoms with Crippen LogP contribution in [-0.4, -0.2) is 64.4 Å². The number of ether oxygens (including phenoxy) is 1. The van der Waals surface area contributed by atoms with Gasteiger partial charge in [0.05, 0.1) is 12.7 Å². The number of hydrogen-bond acceptors (Lipinski definition) is 6. The number of nitrogens with two attached hydrogens (primary N) is 1. The molecule has 0 aromatic carbocycles. The Bertz CT molecular complexity index is 462. The quantitative estimate of drug-likeness (QED) is 0.646. The minimum absolute atomic E-state index is 0.0403. The number of aromatic amines is 1. The molecule has 3 heterocycles. The summed E-state index contributed by atoms with van der Waals surface area (Å²) in [5.41, 5.74) is 5.35. The average Bonchev–Trinajstić information content (AvgIpc) is 3.03. The summed E-state index contributed by atoms with van der Waals surface area (Å²) in [5.74, 6) is -0.109. The van der Waals surface area contributed by atoms with E-state index in [4.69, 9.17) is 10.5 Å². The van der Waals surface area contributed by atoms with Crippen LogP contribution in [0.1, 0.15) is 23.5 Å². The Morgan fingerprint density at radius 1 is 1.63 bits per heavy atom. The minimum atomic E-state index is -0.309. The Kier molecular flexibility index (Phi) is 3.34. The molecular formula is C11H18N6O2. The molecule has 2 atom stereocenters. The average molecular weight is 266 g/mol. The van der Waals surface area contributed by atoms with Gasteiger partial charge in [0.25, 0.3) is 5.91 Å². The molecule has 4 N–H and O–H groups in total. The topological polar surface area (TPSA) is 109 Å². The van der Waals surface area contributed by atoms with Gasteiger partial charge in [-0.15, -0.1) is 5.10 Å². The van der Waals surface area contributed by atoms with Crippen molar-refractivity contribution >= 4 is 11.9 Å². The van der Waals surface area contributed by atoms with Crippen LogP contribution < -0.4 is 11.1 Å². The fourth-order valence-electron chi connectivity index (χ4n) is 2.68. The summed E-state index contributed by atoms with van der Waals surface area (Å²) in [6.07, 6.45) is 2.50. The lowest BCUT2D eigenvalue weighted by Gasteiger charge is -2.35. The van der Waals surface area contributed by atoms with E-state index in [2.05, 4.69) is 25.4 Å². The summed E-state index contributed by atoms with van der Waals surface area (Å²) >= 11 is 0. The van der Waals surface area contributed by atoms with E-state index in [1.807, 2.05) is 0 Å². The van der Waals surface area contributed by atoms with Crippen molar-refractivity contribution in [3.8, 4) is 0 Å². The van der Waals surface area contributed by atoms with E-state index in [9.17, 15) is 4.79 Å². The van der Waals surface area contributed by atoms with Gasteiger partial charge in [-0.2, -0.15) is 4.98 Å². The first-order chi connectivity index (χ1) is 9.22. The molecule has 8 heteroatoms. The molecule has 104 valence electrons. The lowest BCUT2D eigenvalue weighted by Crippen LogP contribution is -2.50. The zero-order valence-electron chi connectivity index (χ0n) is 10.6. The summed E-state index contributed by atoms with van der Waals surface area (Å²) in [5, 5.41) is 8.88. The molecule has 2 aliphatic heterocycles. The normalized spacial score (nSPS) is 27.2. The van der Waals surface area contributed by atoms with Crippen LogP contribution in [0.2, 0.25) is 0 Å². The molecule has 19 heavy (non-hydrogen) atoms. The molecular weight excluding hydrogens is 248 g/mol. The number of aromatic nitrogens is 3. The Labute approximate surface area is 110 Å². The van der Waals surface area contributed by atoms with Crippen LogP contribution in [0, 0.1) is 0 Å². The van der Waals surface area contributed by atoms with E-state index in [-0.39, 0.29) is 23.8 Å². The van der Waals surface area contributed by atoms with E-state index in [0.29, 0.717) is 12.6 Å². The van der Waals surface area contributed by atoms with Gasteiger partial charge < -0.3 is 15.8 Å². The molecule has 1 aromatic rings. The van der Waals surface area contributed by atoms with Crippen molar-refractivity contribution in [2.45, 2.75) is 25.0 Å². The molecule has 1 aromatic heterocycles. The molecule has 0 saturated carbocycles. The fourth-order valence-corrected chi connectivity index (χ4v) is 2.68. The highest BCUT2D eigenvalue weighted by molar-refractivity contribution is 5.90. The largest absolute Gasteiger partial charge is 0.373 e. The molecule has 8 nitrogen and oxygen atoms in total. The highest BCUT2D eigenvalue weighted by atomic mass is 16.5. The lowest BCUT2D eigenvalue weighted by molar-refractivity contribution is -0.0462. The molecule has 2 fully saturated rings. The summed E-state index contributed by atoms with van der Waals surface area (Å²) in [6, 6.07) is 0.570. The highest BCUT2D eigenvalue weighted by Gasteiger charge is 2.32. The third kappa shape index (κ3) is 2.69. The van der Waals surface area contributed by atoms with Crippen molar-refractivity contribution in [3.63, 3.8) is 0 Å². The second kappa shape index (κ2) is 5.14. The number of carbonyl (C=O) groups excluding carboxylic acids is 1. The van der Waals surface area contributed by atoms with Crippen LogP contribution in [0.4, 0.5) is 5.95 Å². The number of nitrogens with one attached hydrogen (secondary N) is 2. The maximum Gasteiger partial charge on any atom is 0.288 e. The number of fused-ring (bicyclic) bond motifs is 1. The van der Waals surface area contributed by atoms with E-state index in [1.165, 1.54) is 12.8 Å². The van der Waals surface area contributed by atoms with Gasteiger partial charge in [0, 0.05) is 19.1 Å². The van der Waals surface area contributed by atoms with Crippen LogP contribution in [0.3, 0.4) is 0 Å². The number of anilines is 1. The predicted octanol–water partition coefficient (Wildman–Crippen LogP) is -1.02. The number of nitrogens with zero attached hydrogens (tertiary/aromatic N) is 3. The second-order valence-corrected chi connectivity index (χ2v) is 5.00. The van der Waals surface area contributed by atoms with Crippen LogP contribution in [0.5, 0.6) is 0 Å². The number of carbonyl (C=O) groups is 1. The standard InChI is InChI=1S/C11H18N6O2/c12-11-14-9(15-16-11)10(18)13-4-8-5-17-3-1-2-7(17)6-19-8/h7-8H,1-6H2,(H,13,18)(H3,12,14,15,16). The predicted molar refractivity (Wildman–Crippen MR) is 67.5 cm³/mol. The van der Waals surface area contributed by atoms with E-state index in [0.717, 1.165) is 19.7 Å². The number of morpholine rings is 1. The van der Waals surface area contributed by atoms with Gasteiger partial charge in [0.2, 0.25) is 11.8 Å². The van der Waals surface area contributed by atoms with E-state index in [1.54, 1.807) is 0 Å². The number of amides is 1. The second-order valence-electron chi connectivity index (χ2n) is 5.00. The van der Waals surface area contributed by atoms with Crippen molar-refractivity contribution in [2.75, 3.05) is 32.0 Å². The number of H-pyrrole nitrogens is 1. The molecule has 0 bridgehead atoms. The summed E-state index contributed by atoms with van der Waals surface area (Å²) in [7, 11) is 0. The smallest absolute Gasteiger partial charge is 0.288 e. The third-order valence-corrected chi connectivity index (χ3v) is 3.67. The fraction of sp³-hybridized carbons (Fsp3) is 0.727. The van der Waals surface area contributed by atoms with Gasteiger partial charge in [-0.05, 0) is 19.4 Å². The van der Waals surface area contributed by atoms with E-state index < -0.39 is 0 Å². The summed E-state index contributed by atoms with van der Waals surface area (Å²) in [6.45, 7) is 3.25. The van der Waals surface area contributed by atoms with Gasteiger partial charge in [-0.1, -0.05) is 0 Å². The third-order valence-electron chi connectivity index (χ3n) is 3.67. The lowest BCUT2D eigenvalue weighted by atomic mass is 10.2. The molecule has 2 unspecified atom stereocenters. The Morgan fingerprint density at radius 3 is 3.32 bits per heavy atom. The Balaban J connectivity index is 1.48. The van der Waals surface area contributed by atoms with E-state index >= 15 is 0 Å². The van der Waals surface area contributed by atoms with Gasteiger partial charge in [0.15, 0.2) is 0 Å². The zero-order valence-corrected chi connectivity index (χ0v) is 10.6. The molecule has 2 aliphatic rings. The first-order valence-electron chi connectivity index (χ1n) is 6.54. The Hall–Kier alpha value is -1.67. The van der Waals surface area contributed by atoms with Crippen molar-refractivity contribution in [3.05, 3.63) is 5.82 Å². The summed E-state index contributed by atoms with van der Waals surface area (Å²) < 4.78 is 5.76. The first-order valence-corrected chi connectivity index (χ1v) is 6.54. The van der Waals surface area contributed by atoms with Crippen molar-refractivity contribution in [2.24, 2.45) is 0 Å². The molecule has 2 saturated heterocycles. The highest BCUT2D eigenvalue weighted by Crippen LogP contribution is 2.22. The number of rotatable bonds is 3. The van der Waals surface area contributed by atoms with Gasteiger partial charge in [-0.3, -0.25) is 14.8 Å². The van der Waals surface area contributed by atoms with Gasteiger partial charge in [-0.25, -0.2) is 0 Å². The number of nitrogen functional groups attached to an aromatic ring is 1. The van der Waals surface area contributed by atoms with Crippen molar-refractivity contribution in [1.29, 1.82) is 0 Å². The van der Waals surface area contributed by atoms with Gasteiger partial charge >= 0.3 is 0 Å². The molecule has 0 aliphatic carbocycles. The molecule has 3 rings (SSSR count). The van der Waals surface area contributed by atoms with Crippen molar-refractivity contribution < 1.29 is 9.53 Å². The zero-order chi connectivity index (χ0) is 13.2. The van der Waals surface area contributed by atoms with Crippen LogP contribution in [-0.2, 0) is 4.74 Å². The van der Waals surface area contributed by atoms with Crippen LogP contribution in [0.15, 0.2) is 0 Å². The summed E-state index contributed by atoms with van der Waals surface area (Å²) in [4.78, 5) is 18.0.